The summed E-state index contributed by atoms with van der Waals surface area (Å²) in [5.74, 6) is -0.0898. The van der Waals surface area contributed by atoms with E-state index in [0.717, 1.165) is 16.9 Å². The quantitative estimate of drug-likeness (QED) is 0.689. The van der Waals surface area contributed by atoms with Gasteiger partial charge in [0.15, 0.2) is 0 Å². The zero-order valence-corrected chi connectivity index (χ0v) is 11.8. The molecular weight excluding hydrogens is 256 g/mol. The summed E-state index contributed by atoms with van der Waals surface area (Å²) in [5.41, 5.74) is 14.3. The number of amides is 2. The van der Waals surface area contributed by atoms with Crippen LogP contribution < -0.4 is 21.7 Å². The maximum atomic E-state index is 11.4. The van der Waals surface area contributed by atoms with Gasteiger partial charge in [0, 0.05) is 12.2 Å². The number of carbonyl (C=O) groups excluding carboxylic acids is 2. The van der Waals surface area contributed by atoms with Crippen LogP contribution in [-0.4, -0.2) is 24.9 Å². The third kappa shape index (κ3) is 3.01. The lowest BCUT2D eigenvalue weighted by atomic mass is 10.1. The first-order valence-electron chi connectivity index (χ1n) is 6.62. The van der Waals surface area contributed by atoms with E-state index in [1.807, 2.05) is 11.0 Å². The number of anilines is 3. The molecule has 0 saturated carbocycles. The van der Waals surface area contributed by atoms with Crippen LogP contribution >= 0.6 is 0 Å². The molecule has 20 heavy (non-hydrogen) atoms. The van der Waals surface area contributed by atoms with E-state index in [2.05, 4.69) is 19.2 Å². The molecule has 0 aliphatic carbocycles. The smallest absolute Gasteiger partial charge is 0.236 e. The third-order valence-corrected chi connectivity index (χ3v) is 3.15. The Morgan fingerprint density at radius 1 is 1.45 bits per heavy atom. The van der Waals surface area contributed by atoms with E-state index in [-0.39, 0.29) is 12.5 Å². The lowest BCUT2D eigenvalue weighted by Gasteiger charge is -2.27. The van der Waals surface area contributed by atoms with Crippen molar-refractivity contribution in [3.8, 4) is 0 Å². The molecule has 108 valence electrons. The zero-order chi connectivity index (χ0) is 14.9. The molecule has 1 aromatic carbocycles. The minimum Gasteiger partial charge on any atom is -0.397 e. The SMILES string of the molecule is CC(C)CN(CC(N)=O)c1cc2c(cc1N)CC(=O)N2. The molecule has 6 nitrogen and oxygen atoms in total. The fourth-order valence-corrected chi connectivity index (χ4v) is 2.43. The van der Waals surface area contributed by atoms with Gasteiger partial charge in [-0.2, -0.15) is 0 Å². The van der Waals surface area contributed by atoms with Crippen molar-refractivity contribution in [3.05, 3.63) is 17.7 Å². The first kappa shape index (κ1) is 14.2. The van der Waals surface area contributed by atoms with Crippen molar-refractivity contribution in [3.63, 3.8) is 0 Å². The first-order chi connectivity index (χ1) is 9.36. The van der Waals surface area contributed by atoms with Crippen molar-refractivity contribution in [2.45, 2.75) is 20.3 Å². The highest BCUT2D eigenvalue weighted by atomic mass is 16.2. The summed E-state index contributed by atoms with van der Waals surface area (Å²) in [7, 11) is 0. The molecule has 0 fully saturated rings. The molecule has 1 aliphatic heterocycles. The molecule has 2 amide bonds. The van der Waals surface area contributed by atoms with Gasteiger partial charge in [-0.3, -0.25) is 9.59 Å². The summed E-state index contributed by atoms with van der Waals surface area (Å²) < 4.78 is 0. The lowest BCUT2D eigenvalue weighted by molar-refractivity contribution is -0.117. The number of nitrogens with two attached hydrogens (primary N) is 2. The molecule has 0 atom stereocenters. The highest BCUT2D eigenvalue weighted by Gasteiger charge is 2.22. The Kier molecular flexibility index (Phi) is 3.83. The highest BCUT2D eigenvalue weighted by Crippen LogP contribution is 2.34. The molecular formula is C14H20N4O2. The van der Waals surface area contributed by atoms with Gasteiger partial charge in [-0.25, -0.2) is 0 Å². The van der Waals surface area contributed by atoms with Crippen LogP contribution in [0.3, 0.4) is 0 Å². The van der Waals surface area contributed by atoms with E-state index in [0.29, 0.717) is 24.6 Å². The maximum absolute atomic E-state index is 11.4. The van der Waals surface area contributed by atoms with E-state index in [1.165, 1.54) is 0 Å². The van der Waals surface area contributed by atoms with Crippen LogP contribution in [0.15, 0.2) is 12.1 Å². The van der Waals surface area contributed by atoms with Crippen LogP contribution in [0.4, 0.5) is 17.1 Å². The van der Waals surface area contributed by atoms with E-state index in [4.69, 9.17) is 11.5 Å². The Morgan fingerprint density at radius 3 is 2.75 bits per heavy atom. The standard InChI is InChI=1S/C14H20N4O2/c1-8(2)6-18(7-13(16)19)12-5-11-9(3-10(12)15)4-14(20)17-11/h3,5,8H,4,6-7,15H2,1-2H3,(H2,16,19)(H,17,20). The van der Waals surface area contributed by atoms with E-state index in [9.17, 15) is 9.59 Å². The second kappa shape index (κ2) is 5.40. The number of hydrogen-bond donors (Lipinski definition) is 3. The molecule has 2 rings (SSSR count). The van der Waals surface area contributed by atoms with Gasteiger partial charge in [-0.1, -0.05) is 13.8 Å². The van der Waals surface area contributed by atoms with Gasteiger partial charge < -0.3 is 21.7 Å². The molecule has 6 heteroatoms. The molecule has 0 bridgehead atoms. The molecule has 1 heterocycles. The van der Waals surface area contributed by atoms with E-state index in [1.54, 1.807) is 6.07 Å². The summed E-state index contributed by atoms with van der Waals surface area (Å²) in [6.45, 7) is 4.88. The van der Waals surface area contributed by atoms with Gasteiger partial charge in [0.25, 0.3) is 0 Å². The number of nitrogens with one attached hydrogen (secondary N) is 1. The largest absolute Gasteiger partial charge is 0.397 e. The maximum Gasteiger partial charge on any atom is 0.236 e. The Hall–Kier alpha value is -2.24. The minimum atomic E-state index is -0.408. The second-order valence-corrected chi connectivity index (χ2v) is 5.53. The van der Waals surface area contributed by atoms with Crippen molar-refractivity contribution in [2.24, 2.45) is 11.7 Å². The Morgan fingerprint density at radius 2 is 2.15 bits per heavy atom. The van der Waals surface area contributed by atoms with Crippen LogP contribution in [-0.2, 0) is 16.0 Å². The Balaban J connectivity index is 2.35. The summed E-state index contributed by atoms with van der Waals surface area (Å²) >= 11 is 0. The van der Waals surface area contributed by atoms with Crippen LogP contribution in [0, 0.1) is 5.92 Å². The number of nitrogen functional groups attached to an aromatic ring is 1. The molecule has 1 aliphatic rings. The van der Waals surface area contributed by atoms with Gasteiger partial charge in [0.1, 0.15) is 0 Å². The van der Waals surface area contributed by atoms with Crippen molar-refractivity contribution >= 4 is 28.9 Å². The molecule has 0 radical (unpaired) electrons. The summed E-state index contributed by atoms with van der Waals surface area (Å²) in [6.07, 6.45) is 0.347. The predicted molar refractivity (Wildman–Crippen MR) is 79.4 cm³/mol. The van der Waals surface area contributed by atoms with E-state index >= 15 is 0 Å². The van der Waals surface area contributed by atoms with Crippen molar-refractivity contribution in [1.82, 2.24) is 0 Å². The van der Waals surface area contributed by atoms with Gasteiger partial charge in [-0.05, 0) is 23.6 Å². The normalized spacial score (nSPS) is 13.2. The average molecular weight is 276 g/mol. The van der Waals surface area contributed by atoms with Crippen LogP contribution in [0.1, 0.15) is 19.4 Å². The van der Waals surface area contributed by atoms with Gasteiger partial charge in [-0.15, -0.1) is 0 Å². The van der Waals surface area contributed by atoms with Crippen molar-refractivity contribution in [1.29, 1.82) is 0 Å². The van der Waals surface area contributed by atoms with Crippen molar-refractivity contribution < 1.29 is 9.59 Å². The molecule has 0 saturated heterocycles. The minimum absolute atomic E-state index is 0.0399. The predicted octanol–water partition coefficient (Wildman–Crippen LogP) is 0.711. The fraction of sp³-hybridized carbons (Fsp3) is 0.429. The molecule has 0 spiro atoms. The monoisotopic (exact) mass is 276 g/mol. The number of hydrogen-bond acceptors (Lipinski definition) is 4. The topological polar surface area (TPSA) is 101 Å². The summed E-state index contributed by atoms with van der Waals surface area (Å²) in [6, 6.07) is 3.61. The molecule has 1 aromatic rings. The molecule has 0 unspecified atom stereocenters. The van der Waals surface area contributed by atoms with Gasteiger partial charge in [0.2, 0.25) is 11.8 Å². The van der Waals surface area contributed by atoms with Crippen molar-refractivity contribution in [2.75, 3.05) is 29.0 Å². The van der Waals surface area contributed by atoms with Gasteiger partial charge in [0.05, 0.1) is 24.3 Å². The third-order valence-electron chi connectivity index (χ3n) is 3.15. The average Bonchev–Trinajstić information content (AvgIpc) is 2.65. The first-order valence-corrected chi connectivity index (χ1v) is 6.62. The number of carbonyl (C=O) groups is 2. The summed E-state index contributed by atoms with van der Waals surface area (Å²) in [4.78, 5) is 24.5. The number of primary amides is 1. The van der Waals surface area contributed by atoms with Gasteiger partial charge >= 0.3 is 0 Å². The highest BCUT2D eigenvalue weighted by molar-refractivity contribution is 6.01. The van der Waals surface area contributed by atoms with Crippen LogP contribution in [0.25, 0.3) is 0 Å². The second-order valence-electron chi connectivity index (χ2n) is 5.53. The molecule has 0 aromatic heterocycles. The fourth-order valence-electron chi connectivity index (χ4n) is 2.43. The zero-order valence-electron chi connectivity index (χ0n) is 11.8. The lowest BCUT2D eigenvalue weighted by Crippen LogP contribution is -2.36. The Labute approximate surface area is 118 Å². The van der Waals surface area contributed by atoms with Crippen LogP contribution in [0.5, 0.6) is 0 Å². The summed E-state index contributed by atoms with van der Waals surface area (Å²) in [5, 5.41) is 2.79. The number of benzene rings is 1. The van der Waals surface area contributed by atoms with Crippen LogP contribution in [0.2, 0.25) is 0 Å². The Bertz CT molecular complexity index is 554. The molecule has 5 N–H and O–H groups in total. The number of nitrogens with zero attached hydrogens (tertiary/aromatic N) is 1. The number of fused-ring (bicyclic) bond motifs is 1. The van der Waals surface area contributed by atoms with E-state index < -0.39 is 5.91 Å². The number of rotatable bonds is 5.